The highest BCUT2D eigenvalue weighted by molar-refractivity contribution is 5.24. The zero-order valence-electron chi connectivity index (χ0n) is 13.4. The van der Waals surface area contributed by atoms with Crippen molar-refractivity contribution in [3.05, 3.63) is 17.0 Å². The average molecular weight is 279 g/mol. The van der Waals surface area contributed by atoms with Gasteiger partial charge >= 0.3 is 0 Å². The molecule has 1 aromatic rings. The SMILES string of the molecule is CCCn1nc(C)c(CN2CCC(C(C)O)CC2)c1C. The van der Waals surface area contributed by atoms with Crippen molar-refractivity contribution >= 4 is 0 Å². The van der Waals surface area contributed by atoms with Crippen LogP contribution in [0.1, 0.15) is 50.1 Å². The lowest BCUT2D eigenvalue weighted by atomic mass is 9.92. The summed E-state index contributed by atoms with van der Waals surface area (Å²) < 4.78 is 2.15. The molecule has 0 aromatic carbocycles. The van der Waals surface area contributed by atoms with Gasteiger partial charge in [-0.1, -0.05) is 6.92 Å². The van der Waals surface area contributed by atoms with Crippen molar-refractivity contribution in [2.24, 2.45) is 5.92 Å². The highest BCUT2D eigenvalue weighted by Crippen LogP contribution is 2.23. The maximum Gasteiger partial charge on any atom is 0.0641 e. The van der Waals surface area contributed by atoms with Crippen LogP contribution in [0.15, 0.2) is 0 Å². The Balaban J connectivity index is 1.97. The second-order valence-corrected chi connectivity index (χ2v) is 6.23. The van der Waals surface area contributed by atoms with Gasteiger partial charge in [0.2, 0.25) is 0 Å². The third-order valence-corrected chi connectivity index (χ3v) is 4.66. The van der Waals surface area contributed by atoms with Gasteiger partial charge in [0.05, 0.1) is 11.8 Å². The maximum atomic E-state index is 9.67. The Morgan fingerprint density at radius 2 is 1.95 bits per heavy atom. The van der Waals surface area contributed by atoms with Crippen LogP contribution in [0.5, 0.6) is 0 Å². The molecule has 1 fully saturated rings. The first-order valence-electron chi connectivity index (χ1n) is 7.96. The molecule has 2 rings (SSSR count). The predicted octanol–water partition coefficient (Wildman–Crippen LogP) is 2.50. The fourth-order valence-corrected chi connectivity index (χ4v) is 3.21. The molecule has 20 heavy (non-hydrogen) atoms. The van der Waals surface area contributed by atoms with Crippen molar-refractivity contribution in [2.75, 3.05) is 13.1 Å². The van der Waals surface area contributed by atoms with E-state index < -0.39 is 0 Å². The fourth-order valence-electron chi connectivity index (χ4n) is 3.21. The number of aliphatic hydroxyl groups is 1. The van der Waals surface area contributed by atoms with E-state index in [0.29, 0.717) is 5.92 Å². The fraction of sp³-hybridized carbons (Fsp3) is 0.812. The number of likely N-dealkylation sites (tertiary alicyclic amines) is 1. The summed E-state index contributed by atoms with van der Waals surface area (Å²) in [5.74, 6) is 0.483. The molecule has 0 radical (unpaired) electrons. The summed E-state index contributed by atoms with van der Waals surface area (Å²) in [5, 5.41) is 14.3. The maximum absolute atomic E-state index is 9.67. The van der Waals surface area contributed by atoms with Crippen LogP contribution in [0.4, 0.5) is 0 Å². The molecule has 1 saturated heterocycles. The Labute approximate surface area is 122 Å². The molecule has 4 heteroatoms. The Hall–Kier alpha value is -0.870. The molecule has 0 spiro atoms. The van der Waals surface area contributed by atoms with Crippen molar-refractivity contribution < 1.29 is 5.11 Å². The Morgan fingerprint density at radius 3 is 2.50 bits per heavy atom. The van der Waals surface area contributed by atoms with Crippen molar-refractivity contribution in [3.63, 3.8) is 0 Å². The van der Waals surface area contributed by atoms with Crippen LogP contribution < -0.4 is 0 Å². The topological polar surface area (TPSA) is 41.3 Å². The quantitative estimate of drug-likeness (QED) is 0.900. The first kappa shape index (κ1) is 15.5. The minimum atomic E-state index is -0.159. The highest BCUT2D eigenvalue weighted by Gasteiger charge is 2.24. The summed E-state index contributed by atoms with van der Waals surface area (Å²) in [4.78, 5) is 2.51. The van der Waals surface area contributed by atoms with Crippen LogP contribution in [0.2, 0.25) is 0 Å². The average Bonchev–Trinajstić information content (AvgIpc) is 2.68. The van der Waals surface area contributed by atoms with Gasteiger partial charge in [-0.15, -0.1) is 0 Å². The lowest BCUT2D eigenvalue weighted by Gasteiger charge is -2.33. The van der Waals surface area contributed by atoms with E-state index in [4.69, 9.17) is 0 Å². The minimum absolute atomic E-state index is 0.159. The van der Waals surface area contributed by atoms with E-state index in [1.54, 1.807) is 0 Å². The Bertz CT molecular complexity index is 431. The molecule has 1 unspecified atom stereocenters. The molecular formula is C16H29N3O. The third-order valence-electron chi connectivity index (χ3n) is 4.66. The molecule has 2 heterocycles. The first-order valence-corrected chi connectivity index (χ1v) is 7.96. The lowest BCUT2D eigenvalue weighted by Crippen LogP contribution is -2.36. The molecule has 0 saturated carbocycles. The van der Waals surface area contributed by atoms with Crippen molar-refractivity contribution in [2.45, 2.75) is 66.2 Å². The number of aromatic nitrogens is 2. The van der Waals surface area contributed by atoms with Crippen LogP contribution >= 0.6 is 0 Å². The molecule has 0 bridgehead atoms. The standard InChI is InChI=1S/C16H29N3O/c1-5-8-19-13(3)16(12(2)17-19)11-18-9-6-15(7-10-18)14(4)20/h14-15,20H,5-11H2,1-4H3. The number of hydrogen-bond donors (Lipinski definition) is 1. The van der Waals surface area contributed by atoms with E-state index in [2.05, 4.69) is 35.5 Å². The number of piperidine rings is 1. The summed E-state index contributed by atoms with van der Waals surface area (Å²) in [6, 6.07) is 0. The largest absolute Gasteiger partial charge is 0.393 e. The summed E-state index contributed by atoms with van der Waals surface area (Å²) in [6.07, 6.45) is 3.19. The van der Waals surface area contributed by atoms with Gasteiger partial charge < -0.3 is 5.11 Å². The minimum Gasteiger partial charge on any atom is -0.393 e. The van der Waals surface area contributed by atoms with E-state index in [9.17, 15) is 5.11 Å². The van der Waals surface area contributed by atoms with Crippen molar-refractivity contribution in [1.29, 1.82) is 0 Å². The Morgan fingerprint density at radius 1 is 1.30 bits per heavy atom. The van der Waals surface area contributed by atoms with Crippen LogP contribution in [0.3, 0.4) is 0 Å². The van der Waals surface area contributed by atoms with Crippen LogP contribution in [-0.4, -0.2) is 39.0 Å². The van der Waals surface area contributed by atoms with Gasteiger partial charge in [0.15, 0.2) is 0 Å². The van der Waals surface area contributed by atoms with Crippen LogP contribution in [0, 0.1) is 19.8 Å². The van der Waals surface area contributed by atoms with E-state index in [-0.39, 0.29) is 6.10 Å². The van der Waals surface area contributed by atoms with Crippen molar-refractivity contribution in [3.8, 4) is 0 Å². The van der Waals surface area contributed by atoms with Gasteiger partial charge in [0.25, 0.3) is 0 Å². The number of hydrogen-bond acceptors (Lipinski definition) is 3. The lowest BCUT2D eigenvalue weighted by molar-refractivity contribution is 0.0694. The Kier molecular flexibility index (Phi) is 5.22. The smallest absolute Gasteiger partial charge is 0.0641 e. The molecule has 1 N–H and O–H groups in total. The predicted molar refractivity (Wildman–Crippen MR) is 81.7 cm³/mol. The van der Waals surface area contributed by atoms with Gasteiger partial charge in [0, 0.05) is 24.3 Å². The molecule has 1 aliphatic rings. The number of aliphatic hydroxyl groups excluding tert-OH is 1. The van der Waals surface area contributed by atoms with Gasteiger partial charge in [0.1, 0.15) is 0 Å². The van der Waals surface area contributed by atoms with Gasteiger partial charge in [-0.25, -0.2) is 0 Å². The number of aryl methyl sites for hydroxylation is 2. The normalized spacial score (nSPS) is 19.4. The molecule has 1 aliphatic heterocycles. The van der Waals surface area contributed by atoms with Gasteiger partial charge in [-0.05, 0) is 59.0 Å². The molecular weight excluding hydrogens is 250 g/mol. The second-order valence-electron chi connectivity index (χ2n) is 6.23. The summed E-state index contributed by atoms with van der Waals surface area (Å²) >= 11 is 0. The van der Waals surface area contributed by atoms with Gasteiger partial charge in [-0.2, -0.15) is 5.10 Å². The molecule has 0 aliphatic carbocycles. The van der Waals surface area contributed by atoms with Crippen LogP contribution in [0.25, 0.3) is 0 Å². The van der Waals surface area contributed by atoms with Crippen LogP contribution in [-0.2, 0) is 13.1 Å². The summed E-state index contributed by atoms with van der Waals surface area (Å²) in [7, 11) is 0. The molecule has 4 nitrogen and oxygen atoms in total. The van der Waals surface area contributed by atoms with E-state index in [0.717, 1.165) is 45.4 Å². The number of nitrogens with zero attached hydrogens (tertiary/aromatic N) is 3. The first-order chi connectivity index (χ1) is 9.52. The van der Waals surface area contributed by atoms with Crippen molar-refractivity contribution in [1.82, 2.24) is 14.7 Å². The molecule has 1 aromatic heterocycles. The molecule has 1 atom stereocenters. The zero-order valence-corrected chi connectivity index (χ0v) is 13.4. The summed E-state index contributed by atoms with van der Waals surface area (Å²) in [6.45, 7) is 12.6. The third kappa shape index (κ3) is 3.41. The van der Waals surface area contributed by atoms with Gasteiger partial charge in [-0.3, -0.25) is 9.58 Å². The molecule has 114 valence electrons. The van der Waals surface area contributed by atoms with E-state index in [1.165, 1.54) is 17.0 Å². The van der Waals surface area contributed by atoms with E-state index in [1.807, 2.05) is 6.92 Å². The zero-order chi connectivity index (χ0) is 14.7. The monoisotopic (exact) mass is 279 g/mol. The molecule has 0 amide bonds. The second kappa shape index (κ2) is 6.72. The number of rotatable bonds is 5. The summed E-state index contributed by atoms with van der Waals surface area (Å²) in [5.41, 5.74) is 3.89. The highest BCUT2D eigenvalue weighted by atomic mass is 16.3. The van der Waals surface area contributed by atoms with E-state index >= 15 is 0 Å².